The van der Waals surface area contributed by atoms with Crippen molar-refractivity contribution < 1.29 is 9.84 Å². The average Bonchev–Trinajstić information content (AvgIpc) is 2.37. The molecule has 3 heteroatoms. The maximum atomic E-state index is 9.35. The van der Waals surface area contributed by atoms with Gasteiger partial charge >= 0.3 is 0 Å². The van der Waals surface area contributed by atoms with Crippen molar-refractivity contribution in [2.75, 3.05) is 20.3 Å². The first-order chi connectivity index (χ1) is 8.58. The molecule has 0 aliphatic heterocycles. The Hall–Kier alpha value is -0.900. The molecule has 1 rings (SSSR count). The van der Waals surface area contributed by atoms with E-state index in [9.17, 15) is 5.11 Å². The van der Waals surface area contributed by atoms with E-state index >= 15 is 0 Å². The fraction of sp³-hybridized carbons (Fsp3) is 0.600. The molecule has 18 heavy (non-hydrogen) atoms. The third kappa shape index (κ3) is 4.41. The van der Waals surface area contributed by atoms with Crippen molar-refractivity contribution in [3.8, 4) is 0 Å². The summed E-state index contributed by atoms with van der Waals surface area (Å²) in [5, 5.41) is 12.8. The monoisotopic (exact) mass is 251 g/mol. The lowest BCUT2D eigenvalue weighted by Gasteiger charge is -2.23. The Balaban J connectivity index is 2.67. The number of methoxy groups -OCH3 is 1. The van der Waals surface area contributed by atoms with Gasteiger partial charge in [-0.15, -0.1) is 0 Å². The Kier molecular flexibility index (Phi) is 6.33. The summed E-state index contributed by atoms with van der Waals surface area (Å²) >= 11 is 0. The van der Waals surface area contributed by atoms with Gasteiger partial charge in [0, 0.05) is 25.8 Å². The van der Waals surface area contributed by atoms with Crippen LogP contribution in [0.1, 0.15) is 36.1 Å². The number of aliphatic hydroxyl groups excluding tert-OH is 1. The topological polar surface area (TPSA) is 41.5 Å². The zero-order chi connectivity index (χ0) is 13.5. The Morgan fingerprint density at radius 1 is 1.33 bits per heavy atom. The van der Waals surface area contributed by atoms with Crippen molar-refractivity contribution in [1.29, 1.82) is 0 Å². The van der Waals surface area contributed by atoms with Crippen molar-refractivity contribution in [1.82, 2.24) is 5.32 Å². The van der Waals surface area contributed by atoms with Gasteiger partial charge in [0.05, 0.1) is 6.61 Å². The molecule has 0 saturated carbocycles. The van der Waals surface area contributed by atoms with Gasteiger partial charge in [0.2, 0.25) is 0 Å². The number of hydrogen-bond donors (Lipinski definition) is 2. The minimum absolute atomic E-state index is 0.0832. The summed E-state index contributed by atoms with van der Waals surface area (Å²) in [6.45, 7) is 7.16. The number of hydrogen-bond acceptors (Lipinski definition) is 3. The third-order valence-electron chi connectivity index (χ3n) is 3.28. The molecular formula is C15H25NO2. The van der Waals surface area contributed by atoms with Crippen LogP contribution in [0.3, 0.4) is 0 Å². The van der Waals surface area contributed by atoms with Crippen LogP contribution in [0.25, 0.3) is 0 Å². The molecule has 1 aromatic rings. The van der Waals surface area contributed by atoms with Gasteiger partial charge in [-0.2, -0.15) is 0 Å². The molecule has 0 fully saturated rings. The molecule has 2 unspecified atom stereocenters. The Morgan fingerprint density at radius 2 is 2.06 bits per heavy atom. The van der Waals surface area contributed by atoms with Crippen LogP contribution in [0.15, 0.2) is 18.2 Å². The molecule has 0 bridgehead atoms. The van der Waals surface area contributed by atoms with Crippen LogP contribution < -0.4 is 5.32 Å². The SMILES string of the molecule is COCCC(CO)NC(C)c1cc(C)ccc1C. The number of aryl methyl sites for hydroxylation is 2. The van der Waals surface area contributed by atoms with E-state index < -0.39 is 0 Å². The van der Waals surface area contributed by atoms with Crippen LogP contribution >= 0.6 is 0 Å². The molecule has 3 nitrogen and oxygen atoms in total. The molecule has 0 spiro atoms. The zero-order valence-corrected chi connectivity index (χ0v) is 11.9. The zero-order valence-electron chi connectivity index (χ0n) is 11.9. The van der Waals surface area contributed by atoms with E-state index in [2.05, 4.69) is 44.3 Å². The van der Waals surface area contributed by atoms with Gasteiger partial charge in [0.25, 0.3) is 0 Å². The van der Waals surface area contributed by atoms with Crippen molar-refractivity contribution in [2.45, 2.75) is 39.3 Å². The van der Waals surface area contributed by atoms with E-state index in [0.29, 0.717) is 6.61 Å². The molecule has 0 aliphatic rings. The van der Waals surface area contributed by atoms with Gasteiger partial charge in [0.1, 0.15) is 0 Å². The van der Waals surface area contributed by atoms with E-state index in [1.165, 1.54) is 16.7 Å². The Bertz CT molecular complexity index is 366. The molecule has 1 aromatic carbocycles. The van der Waals surface area contributed by atoms with Crippen molar-refractivity contribution in [3.63, 3.8) is 0 Å². The summed E-state index contributed by atoms with van der Waals surface area (Å²) in [7, 11) is 1.68. The van der Waals surface area contributed by atoms with E-state index in [0.717, 1.165) is 6.42 Å². The van der Waals surface area contributed by atoms with Crippen LogP contribution in [0.2, 0.25) is 0 Å². The first-order valence-corrected chi connectivity index (χ1v) is 6.51. The maximum absolute atomic E-state index is 9.35. The molecule has 0 saturated heterocycles. The lowest BCUT2D eigenvalue weighted by molar-refractivity contribution is 0.155. The van der Waals surface area contributed by atoms with Crippen molar-refractivity contribution in [2.24, 2.45) is 0 Å². The second kappa shape index (κ2) is 7.52. The van der Waals surface area contributed by atoms with Gasteiger partial charge in [-0.25, -0.2) is 0 Å². The number of ether oxygens (including phenoxy) is 1. The summed E-state index contributed by atoms with van der Waals surface area (Å²) in [5.41, 5.74) is 3.84. The molecule has 0 radical (unpaired) electrons. The smallest absolute Gasteiger partial charge is 0.0585 e. The van der Waals surface area contributed by atoms with Gasteiger partial charge in [-0.1, -0.05) is 23.8 Å². The number of benzene rings is 1. The van der Waals surface area contributed by atoms with Crippen LogP contribution in [-0.2, 0) is 4.74 Å². The molecule has 0 heterocycles. The molecule has 0 amide bonds. The first kappa shape index (κ1) is 15.2. The van der Waals surface area contributed by atoms with Crippen LogP contribution in [0.4, 0.5) is 0 Å². The normalized spacial score (nSPS) is 14.5. The molecule has 2 atom stereocenters. The predicted octanol–water partition coefficient (Wildman–Crippen LogP) is 2.35. The summed E-state index contributed by atoms with van der Waals surface area (Å²) in [6, 6.07) is 6.79. The number of nitrogens with one attached hydrogen (secondary N) is 1. The largest absolute Gasteiger partial charge is 0.395 e. The lowest BCUT2D eigenvalue weighted by Crippen LogP contribution is -2.35. The van der Waals surface area contributed by atoms with E-state index in [1.54, 1.807) is 7.11 Å². The van der Waals surface area contributed by atoms with E-state index in [1.807, 2.05) is 0 Å². The predicted molar refractivity (Wildman–Crippen MR) is 74.8 cm³/mol. The van der Waals surface area contributed by atoms with Gasteiger partial charge in [-0.05, 0) is 38.3 Å². The summed E-state index contributed by atoms with van der Waals surface area (Å²) in [6.07, 6.45) is 0.822. The molecular weight excluding hydrogens is 226 g/mol. The highest BCUT2D eigenvalue weighted by molar-refractivity contribution is 5.32. The Labute approximate surface area is 110 Å². The fourth-order valence-corrected chi connectivity index (χ4v) is 2.16. The highest BCUT2D eigenvalue weighted by Crippen LogP contribution is 2.19. The van der Waals surface area contributed by atoms with E-state index in [-0.39, 0.29) is 18.7 Å². The maximum Gasteiger partial charge on any atom is 0.0585 e. The Morgan fingerprint density at radius 3 is 2.67 bits per heavy atom. The van der Waals surface area contributed by atoms with Gasteiger partial charge in [-0.3, -0.25) is 0 Å². The van der Waals surface area contributed by atoms with Crippen molar-refractivity contribution >= 4 is 0 Å². The standard InChI is InChI=1S/C15H25NO2/c1-11-5-6-12(2)15(9-11)13(3)16-14(10-17)7-8-18-4/h5-6,9,13-14,16-17H,7-8,10H2,1-4H3. The minimum atomic E-state index is 0.0832. The molecule has 102 valence electrons. The molecule has 0 aromatic heterocycles. The first-order valence-electron chi connectivity index (χ1n) is 6.51. The summed E-state index contributed by atoms with van der Waals surface area (Å²) in [5.74, 6) is 0. The summed E-state index contributed by atoms with van der Waals surface area (Å²) in [4.78, 5) is 0. The number of aliphatic hydroxyl groups is 1. The second-order valence-electron chi connectivity index (χ2n) is 4.91. The quantitative estimate of drug-likeness (QED) is 0.781. The van der Waals surface area contributed by atoms with Crippen LogP contribution in [0.5, 0.6) is 0 Å². The average molecular weight is 251 g/mol. The van der Waals surface area contributed by atoms with Crippen LogP contribution in [0, 0.1) is 13.8 Å². The van der Waals surface area contributed by atoms with Gasteiger partial charge < -0.3 is 15.2 Å². The minimum Gasteiger partial charge on any atom is -0.395 e. The van der Waals surface area contributed by atoms with Crippen molar-refractivity contribution in [3.05, 3.63) is 34.9 Å². The highest BCUT2D eigenvalue weighted by atomic mass is 16.5. The molecule has 2 N–H and O–H groups in total. The van der Waals surface area contributed by atoms with Crippen LogP contribution in [-0.4, -0.2) is 31.5 Å². The summed E-state index contributed by atoms with van der Waals surface area (Å²) < 4.78 is 5.05. The van der Waals surface area contributed by atoms with E-state index in [4.69, 9.17) is 4.74 Å². The fourth-order valence-electron chi connectivity index (χ4n) is 2.16. The lowest BCUT2D eigenvalue weighted by atomic mass is 9.99. The highest BCUT2D eigenvalue weighted by Gasteiger charge is 2.14. The molecule has 0 aliphatic carbocycles. The number of rotatable bonds is 7. The van der Waals surface area contributed by atoms with Gasteiger partial charge in [0.15, 0.2) is 0 Å². The third-order valence-corrected chi connectivity index (χ3v) is 3.28. The second-order valence-corrected chi connectivity index (χ2v) is 4.91.